The van der Waals surface area contributed by atoms with Crippen LogP contribution < -0.4 is 11.1 Å². The molecule has 2 heterocycles. The molecule has 0 aliphatic heterocycles. The van der Waals surface area contributed by atoms with E-state index in [4.69, 9.17) is 5.73 Å². The molecule has 0 saturated heterocycles. The van der Waals surface area contributed by atoms with E-state index in [-0.39, 0.29) is 17.4 Å². The molecule has 0 aliphatic carbocycles. The lowest BCUT2D eigenvalue weighted by molar-refractivity contribution is 0.0950. The Kier molecular flexibility index (Phi) is 3.83. The summed E-state index contributed by atoms with van der Waals surface area (Å²) in [6, 6.07) is 0. The number of hydrogen-bond acceptors (Lipinski definition) is 6. The second-order valence-corrected chi connectivity index (χ2v) is 4.72. The number of nitrogen functional groups attached to an aromatic ring is 1. The summed E-state index contributed by atoms with van der Waals surface area (Å²) in [5.74, 6) is -0.174. The second kappa shape index (κ2) is 5.54. The Morgan fingerprint density at radius 1 is 1.44 bits per heavy atom. The highest BCUT2D eigenvalue weighted by Gasteiger charge is 2.11. The Morgan fingerprint density at radius 3 is 2.89 bits per heavy atom. The van der Waals surface area contributed by atoms with Crippen LogP contribution in [0.1, 0.15) is 21.2 Å². The average molecular weight is 263 g/mol. The number of aryl methyl sites for hydroxylation is 1. The van der Waals surface area contributed by atoms with E-state index in [9.17, 15) is 4.79 Å². The van der Waals surface area contributed by atoms with E-state index in [2.05, 4.69) is 20.3 Å². The third-order valence-electron chi connectivity index (χ3n) is 2.27. The minimum Gasteiger partial charge on any atom is -0.382 e. The average Bonchev–Trinajstić information content (AvgIpc) is 2.75. The number of nitrogens with two attached hydrogens (primary N) is 1. The molecule has 0 aliphatic rings. The first-order valence-electron chi connectivity index (χ1n) is 5.42. The molecule has 0 atom stereocenters. The van der Waals surface area contributed by atoms with Gasteiger partial charge in [-0.25, -0.2) is 15.0 Å². The normalized spacial score (nSPS) is 10.3. The third-order valence-corrected chi connectivity index (χ3v) is 3.10. The van der Waals surface area contributed by atoms with Crippen LogP contribution in [0.4, 0.5) is 5.82 Å². The number of nitrogens with zero attached hydrogens (tertiary/aromatic N) is 3. The molecule has 0 spiro atoms. The Balaban J connectivity index is 1.87. The summed E-state index contributed by atoms with van der Waals surface area (Å²) < 4.78 is 0. The van der Waals surface area contributed by atoms with Gasteiger partial charge in [0.15, 0.2) is 11.5 Å². The zero-order valence-electron chi connectivity index (χ0n) is 9.88. The highest BCUT2D eigenvalue weighted by Crippen LogP contribution is 2.08. The zero-order chi connectivity index (χ0) is 13.0. The maximum absolute atomic E-state index is 11.7. The summed E-state index contributed by atoms with van der Waals surface area (Å²) in [6.07, 6.45) is 3.58. The van der Waals surface area contributed by atoms with E-state index in [1.54, 1.807) is 11.3 Å². The van der Waals surface area contributed by atoms with Crippen molar-refractivity contribution in [1.82, 2.24) is 20.3 Å². The highest BCUT2D eigenvalue weighted by atomic mass is 32.1. The van der Waals surface area contributed by atoms with Gasteiger partial charge in [-0.05, 0) is 6.92 Å². The van der Waals surface area contributed by atoms with Crippen molar-refractivity contribution < 1.29 is 4.79 Å². The molecule has 0 fully saturated rings. The Bertz CT molecular complexity index is 554. The number of hydrogen-bond donors (Lipinski definition) is 2. The molecule has 0 aromatic carbocycles. The van der Waals surface area contributed by atoms with Gasteiger partial charge in [-0.2, -0.15) is 0 Å². The monoisotopic (exact) mass is 263 g/mol. The molecule has 2 aromatic heterocycles. The number of amides is 1. The van der Waals surface area contributed by atoms with Crippen LogP contribution in [0, 0.1) is 6.92 Å². The molecule has 94 valence electrons. The van der Waals surface area contributed by atoms with Crippen molar-refractivity contribution in [2.75, 3.05) is 12.3 Å². The fraction of sp³-hybridized carbons (Fsp3) is 0.273. The predicted molar refractivity (Wildman–Crippen MR) is 69.3 cm³/mol. The second-order valence-electron chi connectivity index (χ2n) is 3.65. The van der Waals surface area contributed by atoms with Crippen molar-refractivity contribution in [2.24, 2.45) is 0 Å². The first-order chi connectivity index (χ1) is 8.66. The van der Waals surface area contributed by atoms with Crippen LogP contribution in [0.15, 0.2) is 17.8 Å². The third kappa shape index (κ3) is 3.01. The van der Waals surface area contributed by atoms with Gasteiger partial charge in [0.2, 0.25) is 0 Å². The Hall–Kier alpha value is -2.02. The fourth-order valence-corrected chi connectivity index (χ4v) is 2.08. The van der Waals surface area contributed by atoms with E-state index >= 15 is 0 Å². The van der Waals surface area contributed by atoms with Crippen molar-refractivity contribution in [1.29, 1.82) is 0 Å². The minimum atomic E-state index is -0.312. The summed E-state index contributed by atoms with van der Waals surface area (Å²) in [7, 11) is 0. The van der Waals surface area contributed by atoms with E-state index in [1.165, 1.54) is 12.4 Å². The molecule has 7 heteroatoms. The molecule has 2 rings (SSSR count). The maximum Gasteiger partial charge on any atom is 0.273 e. The van der Waals surface area contributed by atoms with E-state index in [0.717, 1.165) is 10.7 Å². The molecule has 0 unspecified atom stereocenters. The van der Waals surface area contributed by atoms with Crippen LogP contribution in [0.25, 0.3) is 0 Å². The van der Waals surface area contributed by atoms with Crippen LogP contribution in [-0.2, 0) is 6.42 Å². The van der Waals surface area contributed by atoms with E-state index in [0.29, 0.717) is 13.0 Å². The van der Waals surface area contributed by atoms with Crippen LogP contribution in [-0.4, -0.2) is 27.4 Å². The van der Waals surface area contributed by atoms with Crippen molar-refractivity contribution in [2.45, 2.75) is 13.3 Å². The van der Waals surface area contributed by atoms with Gasteiger partial charge >= 0.3 is 0 Å². The fourth-order valence-electron chi connectivity index (χ4n) is 1.43. The molecule has 0 bridgehead atoms. The standard InChI is InChI=1S/C11H13N5OS/c1-7-16-8(6-18-7)2-3-15-11(17)9-10(12)14-5-4-13-9/h4-6H,2-3H2,1H3,(H2,12,14)(H,15,17). The Labute approximate surface area is 108 Å². The molecule has 3 N–H and O–H groups in total. The van der Waals surface area contributed by atoms with Gasteiger partial charge in [0.05, 0.1) is 10.7 Å². The molecular formula is C11H13N5OS. The lowest BCUT2D eigenvalue weighted by Crippen LogP contribution is -2.27. The number of aromatic nitrogens is 3. The number of thiazole rings is 1. The largest absolute Gasteiger partial charge is 0.382 e. The lowest BCUT2D eigenvalue weighted by atomic mass is 10.3. The van der Waals surface area contributed by atoms with Crippen molar-refractivity contribution in [3.8, 4) is 0 Å². The SMILES string of the molecule is Cc1nc(CCNC(=O)c2nccnc2N)cs1. The van der Waals surface area contributed by atoms with Crippen molar-refractivity contribution in [3.05, 3.63) is 34.2 Å². The smallest absolute Gasteiger partial charge is 0.273 e. The lowest BCUT2D eigenvalue weighted by Gasteiger charge is -2.04. The quantitative estimate of drug-likeness (QED) is 0.850. The van der Waals surface area contributed by atoms with Crippen molar-refractivity contribution >= 4 is 23.1 Å². The molecule has 1 amide bonds. The van der Waals surface area contributed by atoms with Gasteiger partial charge in [-0.15, -0.1) is 11.3 Å². The van der Waals surface area contributed by atoms with Crippen LogP contribution in [0.5, 0.6) is 0 Å². The number of nitrogens with one attached hydrogen (secondary N) is 1. The Morgan fingerprint density at radius 2 is 2.22 bits per heavy atom. The predicted octanol–water partition coefficient (Wildman–Crippen LogP) is 0.796. The molecular weight excluding hydrogens is 250 g/mol. The molecule has 6 nitrogen and oxygen atoms in total. The first-order valence-corrected chi connectivity index (χ1v) is 6.30. The molecule has 0 saturated carbocycles. The number of rotatable bonds is 4. The molecule has 0 radical (unpaired) electrons. The van der Waals surface area contributed by atoms with Gasteiger partial charge in [0.1, 0.15) is 0 Å². The van der Waals surface area contributed by atoms with Gasteiger partial charge < -0.3 is 11.1 Å². The zero-order valence-corrected chi connectivity index (χ0v) is 10.7. The molecule has 2 aromatic rings. The summed E-state index contributed by atoms with van der Waals surface area (Å²) in [6.45, 7) is 2.45. The summed E-state index contributed by atoms with van der Waals surface area (Å²) in [4.78, 5) is 23.8. The summed E-state index contributed by atoms with van der Waals surface area (Å²) in [5, 5.41) is 5.75. The number of carbonyl (C=O) groups excluding carboxylic acids is 1. The van der Waals surface area contributed by atoms with E-state index in [1.807, 2.05) is 12.3 Å². The number of carbonyl (C=O) groups is 1. The van der Waals surface area contributed by atoms with Gasteiger partial charge in [0.25, 0.3) is 5.91 Å². The molecule has 18 heavy (non-hydrogen) atoms. The van der Waals surface area contributed by atoms with Gasteiger partial charge in [0, 0.05) is 30.7 Å². The van der Waals surface area contributed by atoms with E-state index < -0.39 is 0 Å². The topological polar surface area (TPSA) is 93.8 Å². The van der Waals surface area contributed by atoms with Gasteiger partial charge in [-0.3, -0.25) is 4.79 Å². The minimum absolute atomic E-state index is 0.138. The van der Waals surface area contributed by atoms with Crippen LogP contribution >= 0.6 is 11.3 Å². The maximum atomic E-state index is 11.7. The van der Waals surface area contributed by atoms with Crippen LogP contribution in [0.3, 0.4) is 0 Å². The highest BCUT2D eigenvalue weighted by molar-refractivity contribution is 7.09. The van der Waals surface area contributed by atoms with Gasteiger partial charge in [-0.1, -0.05) is 0 Å². The van der Waals surface area contributed by atoms with Crippen molar-refractivity contribution in [3.63, 3.8) is 0 Å². The summed E-state index contributed by atoms with van der Waals surface area (Å²) in [5.41, 5.74) is 6.70. The van der Waals surface area contributed by atoms with Crippen LogP contribution in [0.2, 0.25) is 0 Å². The number of anilines is 1. The first kappa shape index (κ1) is 12.4. The summed E-state index contributed by atoms with van der Waals surface area (Å²) >= 11 is 1.60.